The molecule has 0 saturated carbocycles. The highest BCUT2D eigenvalue weighted by Crippen LogP contribution is 2.21. The Hall–Kier alpha value is -1.03. The monoisotopic (exact) mass is 239 g/mol. The van der Waals surface area contributed by atoms with Crippen molar-refractivity contribution >= 4 is 11.8 Å². The Morgan fingerprint density at radius 2 is 2.25 bits per heavy atom. The molecule has 3 nitrogen and oxygen atoms in total. The highest BCUT2D eigenvalue weighted by atomic mass is 32.2. The largest absolute Gasteiger partial charge is 0.264 e. The van der Waals surface area contributed by atoms with Gasteiger partial charge in [-0.3, -0.25) is 10.1 Å². The average Bonchev–Trinajstić information content (AvgIpc) is 2.24. The van der Waals surface area contributed by atoms with Gasteiger partial charge in [0, 0.05) is 16.2 Å². The maximum absolute atomic E-state index is 10.8. The molecule has 88 valence electrons. The van der Waals surface area contributed by atoms with Crippen molar-refractivity contribution in [3.8, 4) is 0 Å². The van der Waals surface area contributed by atoms with Crippen LogP contribution in [0.1, 0.15) is 25.3 Å². The van der Waals surface area contributed by atoms with E-state index in [1.54, 1.807) is 11.8 Å². The van der Waals surface area contributed by atoms with Gasteiger partial charge < -0.3 is 0 Å². The van der Waals surface area contributed by atoms with Gasteiger partial charge in [0.2, 0.25) is 6.04 Å². The van der Waals surface area contributed by atoms with E-state index in [4.69, 9.17) is 0 Å². The van der Waals surface area contributed by atoms with Gasteiger partial charge >= 0.3 is 0 Å². The maximum atomic E-state index is 10.8. The fraction of sp³-hybridized carbons (Fsp3) is 0.500. The molecule has 0 aliphatic rings. The number of hydrogen-bond donors (Lipinski definition) is 0. The lowest BCUT2D eigenvalue weighted by Gasteiger charge is -2.08. The molecule has 0 fully saturated rings. The Kier molecular flexibility index (Phi) is 5.32. The maximum Gasteiger partial charge on any atom is 0.222 e. The van der Waals surface area contributed by atoms with Crippen LogP contribution in [0, 0.1) is 17.0 Å². The second kappa shape index (κ2) is 6.53. The van der Waals surface area contributed by atoms with Gasteiger partial charge in [-0.15, -0.1) is 11.8 Å². The van der Waals surface area contributed by atoms with Crippen LogP contribution in [0.25, 0.3) is 0 Å². The van der Waals surface area contributed by atoms with Crippen molar-refractivity contribution in [3.05, 3.63) is 39.9 Å². The molecular formula is C12H17NO2S. The van der Waals surface area contributed by atoms with Gasteiger partial charge in [0.1, 0.15) is 0 Å². The first-order valence-corrected chi connectivity index (χ1v) is 6.45. The molecule has 1 unspecified atom stereocenters. The molecule has 0 heterocycles. The van der Waals surface area contributed by atoms with E-state index in [2.05, 4.69) is 6.07 Å². The Bertz CT molecular complexity index is 355. The number of thioether (sulfide) groups is 1. The molecule has 1 rings (SSSR count). The summed E-state index contributed by atoms with van der Waals surface area (Å²) >= 11 is 1.57. The molecule has 1 atom stereocenters. The minimum Gasteiger partial charge on any atom is -0.264 e. The highest BCUT2D eigenvalue weighted by Gasteiger charge is 2.18. The Morgan fingerprint density at radius 1 is 1.50 bits per heavy atom. The number of hydrogen-bond acceptors (Lipinski definition) is 3. The minimum atomic E-state index is -0.421. The van der Waals surface area contributed by atoms with Gasteiger partial charge in [-0.2, -0.15) is 0 Å². The van der Waals surface area contributed by atoms with E-state index in [0.29, 0.717) is 12.2 Å². The Balaban J connectivity index is 2.51. The summed E-state index contributed by atoms with van der Waals surface area (Å²) in [5, 5.41) is 10.8. The molecule has 0 amide bonds. The quantitative estimate of drug-likeness (QED) is 0.433. The third-order valence-electron chi connectivity index (χ3n) is 2.35. The van der Waals surface area contributed by atoms with E-state index < -0.39 is 6.04 Å². The van der Waals surface area contributed by atoms with E-state index in [1.165, 1.54) is 5.56 Å². The fourth-order valence-electron chi connectivity index (χ4n) is 1.48. The molecule has 0 radical (unpaired) electrons. The smallest absolute Gasteiger partial charge is 0.222 e. The molecule has 0 aliphatic heterocycles. The van der Waals surface area contributed by atoms with E-state index in [0.717, 1.165) is 11.3 Å². The predicted molar refractivity (Wildman–Crippen MR) is 67.6 cm³/mol. The van der Waals surface area contributed by atoms with Crippen LogP contribution in [0.5, 0.6) is 0 Å². The van der Waals surface area contributed by atoms with Gasteiger partial charge in [-0.05, 0) is 25.5 Å². The molecule has 1 aromatic rings. The second-order valence-corrected chi connectivity index (χ2v) is 4.95. The van der Waals surface area contributed by atoms with Gasteiger partial charge in [0.25, 0.3) is 0 Å². The third kappa shape index (κ3) is 4.23. The summed E-state index contributed by atoms with van der Waals surface area (Å²) in [6.07, 6.45) is 1.52. The summed E-state index contributed by atoms with van der Waals surface area (Å²) in [4.78, 5) is 11.7. The zero-order chi connectivity index (χ0) is 12.0. The summed E-state index contributed by atoms with van der Waals surface area (Å²) in [5.74, 6) is 0.560. The van der Waals surface area contributed by atoms with Crippen LogP contribution in [0.2, 0.25) is 0 Å². The highest BCUT2D eigenvalue weighted by molar-refractivity contribution is 7.99. The number of nitro groups is 1. The first-order valence-electron chi connectivity index (χ1n) is 5.46. The topological polar surface area (TPSA) is 43.1 Å². The van der Waals surface area contributed by atoms with Crippen molar-refractivity contribution in [3.63, 3.8) is 0 Å². The zero-order valence-corrected chi connectivity index (χ0v) is 10.5. The number of rotatable bonds is 6. The molecule has 4 heteroatoms. The zero-order valence-electron chi connectivity index (χ0n) is 9.68. The Labute approximate surface area is 100 Å². The van der Waals surface area contributed by atoms with E-state index in [-0.39, 0.29) is 4.92 Å². The summed E-state index contributed by atoms with van der Waals surface area (Å²) in [5.41, 5.74) is 1.19. The molecule has 0 aromatic heterocycles. The van der Waals surface area contributed by atoms with Crippen LogP contribution >= 0.6 is 11.8 Å². The van der Waals surface area contributed by atoms with Crippen molar-refractivity contribution in [1.29, 1.82) is 0 Å². The van der Waals surface area contributed by atoms with Crippen LogP contribution in [-0.2, 0) is 0 Å². The summed E-state index contributed by atoms with van der Waals surface area (Å²) in [6, 6.07) is 7.66. The van der Waals surface area contributed by atoms with Crippen molar-refractivity contribution in [2.24, 2.45) is 0 Å². The van der Waals surface area contributed by atoms with Crippen molar-refractivity contribution < 1.29 is 4.92 Å². The van der Waals surface area contributed by atoms with Gasteiger partial charge in [-0.1, -0.05) is 24.6 Å². The molecule has 0 aliphatic carbocycles. The second-order valence-electron chi connectivity index (χ2n) is 3.86. The van der Waals surface area contributed by atoms with E-state index >= 15 is 0 Å². The van der Waals surface area contributed by atoms with Gasteiger partial charge in [0.05, 0.1) is 5.75 Å². The predicted octanol–water partition coefficient (Wildman–Crippen LogP) is 3.53. The normalized spacial score (nSPS) is 12.4. The molecule has 0 spiro atoms. The molecule has 0 N–H and O–H groups in total. The summed E-state index contributed by atoms with van der Waals surface area (Å²) in [7, 11) is 0. The van der Waals surface area contributed by atoms with Gasteiger partial charge in [-0.25, -0.2) is 0 Å². The minimum absolute atomic E-state index is 0.160. The molecular weight excluding hydrogens is 222 g/mol. The third-order valence-corrected chi connectivity index (χ3v) is 3.49. The lowest BCUT2D eigenvalue weighted by Crippen LogP contribution is -2.21. The van der Waals surface area contributed by atoms with Crippen LogP contribution in [-0.4, -0.2) is 16.7 Å². The number of aryl methyl sites for hydroxylation is 1. The number of nitrogens with zero attached hydrogens (tertiary/aromatic N) is 1. The first-order chi connectivity index (χ1) is 7.63. The first kappa shape index (κ1) is 13.0. The summed E-state index contributed by atoms with van der Waals surface area (Å²) < 4.78 is 0. The lowest BCUT2D eigenvalue weighted by molar-refractivity contribution is -0.517. The van der Waals surface area contributed by atoms with Gasteiger partial charge in [0.15, 0.2) is 0 Å². The number of benzene rings is 1. The average molecular weight is 239 g/mol. The molecule has 0 saturated heterocycles. The summed E-state index contributed by atoms with van der Waals surface area (Å²) in [6.45, 7) is 4.01. The Morgan fingerprint density at radius 3 is 2.81 bits per heavy atom. The van der Waals surface area contributed by atoms with Crippen molar-refractivity contribution in [2.75, 3.05) is 5.75 Å². The standard InChI is InChI=1S/C12H17NO2S/c1-3-5-11(13(14)15)9-16-12-7-4-6-10(2)8-12/h4,6-8,11H,3,5,9H2,1-2H3. The van der Waals surface area contributed by atoms with E-state index in [1.807, 2.05) is 32.0 Å². The van der Waals surface area contributed by atoms with Crippen LogP contribution < -0.4 is 0 Å². The van der Waals surface area contributed by atoms with Crippen LogP contribution in [0.4, 0.5) is 0 Å². The lowest BCUT2D eigenvalue weighted by atomic mass is 10.2. The molecule has 16 heavy (non-hydrogen) atoms. The van der Waals surface area contributed by atoms with Crippen LogP contribution in [0.3, 0.4) is 0 Å². The van der Waals surface area contributed by atoms with Crippen LogP contribution in [0.15, 0.2) is 29.2 Å². The van der Waals surface area contributed by atoms with Crippen molar-refractivity contribution in [1.82, 2.24) is 0 Å². The SMILES string of the molecule is CCCC(CSc1cccc(C)c1)[N+](=O)[O-]. The van der Waals surface area contributed by atoms with E-state index in [9.17, 15) is 10.1 Å². The van der Waals surface area contributed by atoms with Crippen molar-refractivity contribution in [2.45, 2.75) is 37.6 Å². The molecule has 0 bridgehead atoms. The molecule has 1 aromatic carbocycles. The fourth-order valence-corrected chi connectivity index (χ4v) is 2.60.